The summed E-state index contributed by atoms with van der Waals surface area (Å²) in [6, 6.07) is 8.65. The van der Waals surface area contributed by atoms with E-state index in [9.17, 15) is 18.3 Å². The second kappa shape index (κ2) is 8.68. The Labute approximate surface area is 162 Å². The molecule has 1 heterocycles. The van der Waals surface area contributed by atoms with Gasteiger partial charge in [0.15, 0.2) is 0 Å². The summed E-state index contributed by atoms with van der Waals surface area (Å²) in [5.41, 5.74) is 0.977. The van der Waals surface area contributed by atoms with E-state index in [1.165, 1.54) is 4.31 Å². The van der Waals surface area contributed by atoms with Gasteiger partial charge in [-0.2, -0.15) is 4.31 Å². The van der Waals surface area contributed by atoms with Gasteiger partial charge in [-0.25, -0.2) is 8.42 Å². The molecular weight excluding hydrogens is 366 g/mol. The van der Waals surface area contributed by atoms with E-state index in [4.69, 9.17) is 0 Å². The van der Waals surface area contributed by atoms with E-state index < -0.39 is 22.1 Å². The Hall–Kier alpha value is -1.48. The molecule has 0 aliphatic carbocycles. The lowest BCUT2D eigenvalue weighted by Gasteiger charge is -2.54. The van der Waals surface area contributed by atoms with Crippen molar-refractivity contribution in [2.75, 3.05) is 40.0 Å². The number of likely N-dealkylation sites (N-methyl/N-ethyl adjacent to an activating group) is 1. The van der Waals surface area contributed by atoms with Gasteiger partial charge in [0.05, 0.1) is 31.5 Å². The van der Waals surface area contributed by atoms with Crippen molar-refractivity contribution in [1.29, 1.82) is 0 Å². The molecule has 1 aromatic carbocycles. The van der Waals surface area contributed by atoms with Crippen molar-refractivity contribution in [2.45, 2.75) is 37.9 Å². The zero-order valence-electron chi connectivity index (χ0n) is 16.7. The van der Waals surface area contributed by atoms with E-state index in [2.05, 4.69) is 0 Å². The van der Waals surface area contributed by atoms with Crippen LogP contribution in [0.4, 0.5) is 0 Å². The molecule has 1 aliphatic heterocycles. The summed E-state index contributed by atoms with van der Waals surface area (Å²) >= 11 is 0. The number of hydrogen-bond donors (Lipinski definition) is 1. The number of nitrogens with zero attached hydrogens (tertiary/aromatic N) is 3. The van der Waals surface area contributed by atoms with Crippen molar-refractivity contribution < 1.29 is 18.3 Å². The minimum absolute atomic E-state index is 0.0392. The maximum Gasteiger partial charge on any atom is 0.237 e. The highest BCUT2D eigenvalue weighted by Gasteiger charge is 2.53. The molecule has 152 valence electrons. The summed E-state index contributed by atoms with van der Waals surface area (Å²) in [6.45, 7) is 4.17. The number of carbonyl (C=O) groups excluding carboxylic acids is 1. The molecule has 3 atom stereocenters. The smallest absolute Gasteiger partial charge is 0.237 e. The molecule has 1 aliphatic rings. The maximum atomic E-state index is 12.7. The van der Waals surface area contributed by atoms with E-state index in [1.807, 2.05) is 58.3 Å². The molecular formula is C19H31N3O4S. The number of aliphatic hydroxyl groups is 1. The van der Waals surface area contributed by atoms with Crippen LogP contribution in [-0.2, 0) is 14.8 Å². The molecule has 0 bridgehead atoms. The van der Waals surface area contributed by atoms with Crippen LogP contribution in [0.25, 0.3) is 0 Å². The van der Waals surface area contributed by atoms with Gasteiger partial charge in [0.25, 0.3) is 0 Å². The van der Waals surface area contributed by atoms with Crippen LogP contribution in [0, 0.1) is 0 Å². The number of amides is 1. The Morgan fingerprint density at radius 3 is 2.22 bits per heavy atom. The quantitative estimate of drug-likeness (QED) is 0.694. The number of aliphatic hydroxyl groups excluding tert-OH is 1. The average Bonchev–Trinajstić information content (AvgIpc) is 2.52. The molecule has 1 N–H and O–H groups in total. The number of benzene rings is 1. The monoisotopic (exact) mass is 397 g/mol. The minimum atomic E-state index is -3.51. The first-order chi connectivity index (χ1) is 12.6. The number of carbonyl (C=O) groups is 1. The molecule has 1 fully saturated rings. The maximum absolute atomic E-state index is 12.7. The van der Waals surface area contributed by atoms with E-state index in [0.717, 1.165) is 11.8 Å². The van der Waals surface area contributed by atoms with E-state index in [-0.39, 0.29) is 31.0 Å². The molecule has 0 saturated carbocycles. The number of sulfonamides is 1. The fourth-order valence-electron chi connectivity index (χ4n) is 3.88. The Morgan fingerprint density at radius 1 is 1.19 bits per heavy atom. The normalized spacial score (nSPS) is 23.5. The topological polar surface area (TPSA) is 81.2 Å². The lowest BCUT2D eigenvalue weighted by atomic mass is 9.77. The molecule has 1 saturated heterocycles. The van der Waals surface area contributed by atoms with E-state index in [1.54, 1.807) is 9.80 Å². The van der Waals surface area contributed by atoms with Gasteiger partial charge >= 0.3 is 0 Å². The first kappa shape index (κ1) is 21.8. The zero-order chi connectivity index (χ0) is 20.4. The van der Waals surface area contributed by atoms with Gasteiger partial charge in [-0.3, -0.25) is 4.79 Å². The van der Waals surface area contributed by atoms with Gasteiger partial charge in [0.2, 0.25) is 15.9 Å². The van der Waals surface area contributed by atoms with Crippen LogP contribution in [0.1, 0.15) is 25.3 Å². The van der Waals surface area contributed by atoms with Gasteiger partial charge in [-0.15, -0.1) is 0 Å². The molecule has 2 rings (SSSR count). The standard InChI is InChI=1S/C19H31N3O4S/c1-14(2)21(18(24)12-20(3)4)11-16-19(15-9-7-6-8-10-15)17(13-23)22(16)27(5,25)26/h6-10,14,16-17,19,23H,11-13H2,1-5H3/t16-,17+,19-/m1/s1. The van der Waals surface area contributed by atoms with Crippen LogP contribution in [0.3, 0.4) is 0 Å². The lowest BCUT2D eigenvalue weighted by molar-refractivity contribution is -0.135. The van der Waals surface area contributed by atoms with Gasteiger partial charge in [0.1, 0.15) is 0 Å². The van der Waals surface area contributed by atoms with Crippen LogP contribution in [0.5, 0.6) is 0 Å². The van der Waals surface area contributed by atoms with Gasteiger partial charge in [0, 0.05) is 18.5 Å². The Balaban J connectivity index is 2.36. The third-order valence-corrected chi connectivity index (χ3v) is 6.32. The molecule has 7 nitrogen and oxygen atoms in total. The minimum Gasteiger partial charge on any atom is -0.395 e. The van der Waals surface area contributed by atoms with E-state index in [0.29, 0.717) is 6.54 Å². The molecule has 27 heavy (non-hydrogen) atoms. The summed E-state index contributed by atoms with van der Waals surface area (Å²) in [4.78, 5) is 16.2. The van der Waals surface area contributed by atoms with Crippen molar-refractivity contribution in [1.82, 2.24) is 14.1 Å². The summed E-state index contributed by atoms with van der Waals surface area (Å²) in [5, 5.41) is 9.85. The van der Waals surface area contributed by atoms with Crippen molar-refractivity contribution in [3.63, 3.8) is 0 Å². The lowest BCUT2D eigenvalue weighted by Crippen LogP contribution is -2.69. The zero-order valence-corrected chi connectivity index (χ0v) is 17.6. The predicted octanol–water partition coefficient (Wildman–Crippen LogP) is 0.574. The highest BCUT2D eigenvalue weighted by atomic mass is 32.2. The molecule has 8 heteroatoms. The van der Waals surface area contributed by atoms with Crippen molar-refractivity contribution in [3.05, 3.63) is 35.9 Å². The molecule has 0 radical (unpaired) electrons. The second-order valence-corrected chi connectivity index (χ2v) is 9.61. The highest BCUT2D eigenvalue weighted by molar-refractivity contribution is 7.88. The number of rotatable bonds is 8. The Kier molecular flexibility index (Phi) is 7.02. The molecule has 0 spiro atoms. The number of hydrogen-bond acceptors (Lipinski definition) is 5. The summed E-state index contributed by atoms with van der Waals surface area (Å²) in [6.07, 6.45) is 1.16. The Morgan fingerprint density at radius 2 is 1.78 bits per heavy atom. The summed E-state index contributed by atoms with van der Waals surface area (Å²) in [7, 11) is 0.148. The fraction of sp³-hybridized carbons (Fsp3) is 0.632. The van der Waals surface area contributed by atoms with Gasteiger partial charge < -0.3 is 14.9 Å². The van der Waals surface area contributed by atoms with E-state index >= 15 is 0 Å². The highest BCUT2D eigenvalue weighted by Crippen LogP contribution is 2.42. The van der Waals surface area contributed by atoms with Crippen LogP contribution in [-0.4, -0.2) is 91.7 Å². The van der Waals surface area contributed by atoms with Crippen molar-refractivity contribution in [3.8, 4) is 0 Å². The predicted molar refractivity (Wildman–Crippen MR) is 106 cm³/mol. The van der Waals surface area contributed by atoms with Crippen LogP contribution in [0.2, 0.25) is 0 Å². The third kappa shape index (κ3) is 4.87. The van der Waals surface area contributed by atoms with Crippen molar-refractivity contribution in [2.24, 2.45) is 0 Å². The molecule has 0 aromatic heterocycles. The second-order valence-electron chi connectivity index (χ2n) is 7.72. The van der Waals surface area contributed by atoms with Crippen LogP contribution < -0.4 is 0 Å². The third-order valence-electron chi connectivity index (χ3n) is 5.02. The van der Waals surface area contributed by atoms with Crippen molar-refractivity contribution >= 4 is 15.9 Å². The van der Waals surface area contributed by atoms with Gasteiger partial charge in [-0.05, 0) is 33.5 Å². The summed E-state index contributed by atoms with van der Waals surface area (Å²) in [5.74, 6) is -0.193. The fourth-order valence-corrected chi connectivity index (χ4v) is 5.26. The summed E-state index contributed by atoms with van der Waals surface area (Å²) < 4.78 is 26.1. The average molecular weight is 398 g/mol. The largest absolute Gasteiger partial charge is 0.395 e. The van der Waals surface area contributed by atoms with Crippen LogP contribution >= 0.6 is 0 Å². The SMILES string of the molecule is CC(C)N(C[C@@H]1[C@@H](c2ccccc2)[C@H](CO)N1S(C)(=O)=O)C(=O)CN(C)C. The van der Waals surface area contributed by atoms with Gasteiger partial charge in [-0.1, -0.05) is 30.3 Å². The first-order valence-corrected chi connectivity index (χ1v) is 11.0. The Bertz CT molecular complexity index is 737. The van der Waals surface area contributed by atoms with Crippen LogP contribution in [0.15, 0.2) is 30.3 Å². The molecule has 1 aromatic rings. The molecule has 0 unspecified atom stereocenters. The first-order valence-electron chi connectivity index (χ1n) is 9.16. The molecule has 1 amide bonds.